The lowest BCUT2D eigenvalue weighted by Crippen LogP contribution is -2.44. The minimum atomic E-state index is -0.661. The number of fused-ring (bicyclic) bond motifs is 1. The molecule has 0 unspecified atom stereocenters. The standard InChI is InChI=1S/C18H27NO4/c1-3-22-16-9-14-8-13(2)23-17(14)10-15(16)11-19-12-18(20)4-6-21-7-5-18/h9-10,13,19-20H,3-8,11-12H2,1-2H3/t13-/m0/s1. The second-order valence-electron chi connectivity index (χ2n) is 6.57. The van der Waals surface area contributed by atoms with Crippen LogP contribution in [0.4, 0.5) is 0 Å². The van der Waals surface area contributed by atoms with Crippen molar-refractivity contribution in [1.82, 2.24) is 5.32 Å². The maximum atomic E-state index is 10.5. The van der Waals surface area contributed by atoms with E-state index in [2.05, 4.69) is 24.4 Å². The van der Waals surface area contributed by atoms with Crippen LogP contribution in [-0.2, 0) is 17.7 Å². The average Bonchev–Trinajstić information content (AvgIpc) is 2.87. The van der Waals surface area contributed by atoms with Gasteiger partial charge < -0.3 is 24.6 Å². The molecule has 0 bridgehead atoms. The number of hydrogen-bond donors (Lipinski definition) is 2. The first kappa shape index (κ1) is 16.6. The Bertz CT molecular complexity index is 540. The zero-order valence-electron chi connectivity index (χ0n) is 14.1. The summed E-state index contributed by atoms with van der Waals surface area (Å²) in [5, 5.41) is 13.9. The van der Waals surface area contributed by atoms with Gasteiger partial charge in [-0.25, -0.2) is 0 Å². The van der Waals surface area contributed by atoms with Gasteiger partial charge in [0.1, 0.15) is 17.6 Å². The highest BCUT2D eigenvalue weighted by molar-refractivity contribution is 5.48. The zero-order valence-corrected chi connectivity index (χ0v) is 14.1. The van der Waals surface area contributed by atoms with Gasteiger partial charge in [0.25, 0.3) is 0 Å². The fourth-order valence-electron chi connectivity index (χ4n) is 3.27. The van der Waals surface area contributed by atoms with Gasteiger partial charge in [0.05, 0.1) is 12.2 Å². The van der Waals surface area contributed by atoms with Crippen LogP contribution >= 0.6 is 0 Å². The van der Waals surface area contributed by atoms with Crippen molar-refractivity contribution in [1.29, 1.82) is 0 Å². The maximum absolute atomic E-state index is 10.5. The van der Waals surface area contributed by atoms with Crippen molar-refractivity contribution in [2.75, 3.05) is 26.4 Å². The molecule has 2 heterocycles. The smallest absolute Gasteiger partial charge is 0.124 e. The molecule has 1 aromatic carbocycles. The van der Waals surface area contributed by atoms with Crippen molar-refractivity contribution in [3.8, 4) is 11.5 Å². The highest BCUT2D eigenvalue weighted by Crippen LogP contribution is 2.35. The highest BCUT2D eigenvalue weighted by Gasteiger charge is 2.29. The second kappa shape index (κ2) is 7.07. The third-order valence-electron chi connectivity index (χ3n) is 4.57. The van der Waals surface area contributed by atoms with E-state index < -0.39 is 5.60 Å². The Labute approximate surface area is 137 Å². The quantitative estimate of drug-likeness (QED) is 0.840. The predicted octanol–water partition coefficient (Wildman–Crippen LogP) is 2.04. The van der Waals surface area contributed by atoms with Crippen LogP contribution in [0.25, 0.3) is 0 Å². The third-order valence-corrected chi connectivity index (χ3v) is 4.57. The van der Waals surface area contributed by atoms with Crippen molar-refractivity contribution in [3.63, 3.8) is 0 Å². The molecule has 0 radical (unpaired) electrons. The van der Waals surface area contributed by atoms with Gasteiger partial charge in [-0.15, -0.1) is 0 Å². The lowest BCUT2D eigenvalue weighted by atomic mass is 9.94. The molecule has 5 heteroatoms. The summed E-state index contributed by atoms with van der Waals surface area (Å²) >= 11 is 0. The van der Waals surface area contributed by atoms with Crippen LogP contribution in [0.2, 0.25) is 0 Å². The van der Waals surface area contributed by atoms with Crippen molar-refractivity contribution >= 4 is 0 Å². The Balaban J connectivity index is 1.65. The van der Waals surface area contributed by atoms with Crippen molar-refractivity contribution in [2.45, 2.75) is 51.4 Å². The molecule has 128 valence electrons. The molecule has 0 aliphatic carbocycles. The molecule has 0 aromatic heterocycles. The van der Waals surface area contributed by atoms with Gasteiger partial charge in [0.2, 0.25) is 0 Å². The molecule has 23 heavy (non-hydrogen) atoms. The first-order valence-electron chi connectivity index (χ1n) is 8.56. The van der Waals surface area contributed by atoms with Gasteiger partial charge in [-0.2, -0.15) is 0 Å². The van der Waals surface area contributed by atoms with E-state index in [1.807, 2.05) is 6.92 Å². The second-order valence-corrected chi connectivity index (χ2v) is 6.57. The molecule has 0 saturated carbocycles. The predicted molar refractivity (Wildman–Crippen MR) is 88.1 cm³/mol. The van der Waals surface area contributed by atoms with Gasteiger partial charge in [0.15, 0.2) is 0 Å². The number of aliphatic hydroxyl groups is 1. The van der Waals surface area contributed by atoms with Gasteiger partial charge in [-0.1, -0.05) is 0 Å². The molecule has 0 spiro atoms. The Morgan fingerprint density at radius 3 is 2.87 bits per heavy atom. The number of hydrogen-bond acceptors (Lipinski definition) is 5. The summed E-state index contributed by atoms with van der Waals surface area (Å²) < 4.78 is 17.0. The summed E-state index contributed by atoms with van der Waals surface area (Å²) in [6.45, 7) is 7.20. The fourth-order valence-corrected chi connectivity index (χ4v) is 3.27. The monoisotopic (exact) mass is 321 g/mol. The summed E-state index contributed by atoms with van der Waals surface area (Å²) in [6.07, 6.45) is 2.53. The van der Waals surface area contributed by atoms with Crippen molar-refractivity contribution < 1.29 is 19.3 Å². The fraction of sp³-hybridized carbons (Fsp3) is 0.667. The molecule has 1 aromatic rings. The van der Waals surface area contributed by atoms with Crippen LogP contribution in [0.15, 0.2) is 12.1 Å². The normalized spacial score (nSPS) is 22.5. The largest absolute Gasteiger partial charge is 0.494 e. The lowest BCUT2D eigenvalue weighted by Gasteiger charge is -2.32. The molecule has 3 rings (SSSR count). The van der Waals surface area contributed by atoms with E-state index in [1.165, 1.54) is 5.56 Å². The molecule has 1 atom stereocenters. The minimum absolute atomic E-state index is 0.227. The summed E-state index contributed by atoms with van der Waals surface area (Å²) in [7, 11) is 0. The van der Waals surface area contributed by atoms with Gasteiger partial charge in [-0.05, 0) is 26.0 Å². The molecule has 2 N–H and O–H groups in total. The Morgan fingerprint density at radius 1 is 1.35 bits per heavy atom. The summed E-state index contributed by atoms with van der Waals surface area (Å²) in [6, 6.07) is 4.17. The van der Waals surface area contributed by atoms with Crippen LogP contribution in [0, 0.1) is 0 Å². The third kappa shape index (κ3) is 3.97. The van der Waals surface area contributed by atoms with Crippen LogP contribution < -0.4 is 14.8 Å². The summed E-state index contributed by atoms with van der Waals surface area (Å²) in [5.41, 5.74) is 1.63. The van der Waals surface area contributed by atoms with Crippen molar-refractivity contribution in [3.05, 3.63) is 23.3 Å². The number of nitrogens with one attached hydrogen (secondary N) is 1. The molecular weight excluding hydrogens is 294 g/mol. The molecule has 0 amide bonds. The Morgan fingerprint density at radius 2 is 2.13 bits per heavy atom. The molecule has 2 aliphatic rings. The molecule has 2 aliphatic heterocycles. The molecule has 1 saturated heterocycles. The minimum Gasteiger partial charge on any atom is -0.494 e. The topological polar surface area (TPSA) is 60.0 Å². The number of rotatable bonds is 6. The van der Waals surface area contributed by atoms with Crippen LogP contribution in [0.3, 0.4) is 0 Å². The van der Waals surface area contributed by atoms with E-state index in [4.69, 9.17) is 14.2 Å². The number of ether oxygens (including phenoxy) is 3. The van der Waals surface area contributed by atoms with Crippen LogP contribution in [0.5, 0.6) is 11.5 Å². The van der Waals surface area contributed by atoms with Crippen LogP contribution in [-0.4, -0.2) is 43.2 Å². The van der Waals surface area contributed by atoms with E-state index in [-0.39, 0.29) is 6.10 Å². The first-order valence-corrected chi connectivity index (χ1v) is 8.56. The van der Waals surface area contributed by atoms with E-state index in [9.17, 15) is 5.11 Å². The summed E-state index contributed by atoms with van der Waals surface area (Å²) in [4.78, 5) is 0. The number of benzene rings is 1. The van der Waals surface area contributed by atoms with E-state index >= 15 is 0 Å². The van der Waals surface area contributed by atoms with E-state index in [1.54, 1.807) is 0 Å². The first-order chi connectivity index (χ1) is 11.1. The van der Waals surface area contributed by atoms with Crippen molar-refractivity contribution in [2.24, 2.45) is 0 Å². The van der Waals surface area contributed by atoms with Gasteiger partial charge >= 0.3 is 0 Å². The lowest BCUT2D eigenvalue weighted by molar-refractivity contribution is -0.0617. The summed E-state index contributed by atoms with van der Waals surface area (Å²) in [5.74, 6) is 1.87. The SMILES string of the molecule is CCOc1cc2c(cc1CNCC1(O)CCOCC1)O[C@@H](C)C2. The molecular formula is C18H27NO4. The average molecular weight is 321 g/mol. The van der Waals surface area contributed by atoms with Gasteiger partial charge in [0, 0.05) is 56.7 Å². The maximum Gasteiger partial charge on any atom is 0.124 e. The Hall–Kier alpha value is -1.30. The Kier molecular flexibility index (Phi) is 5.09. The highest BCUT2D eigenvalue weighted by atomic mass is 16.5. The molecule has 1 fully saturated rings. The van der Waals surface area contributed by atoms with E-state index in [0.717, 1.165) is 23.5 Å². The van der Waals surface area contributed by atoms with E-state index in [0.29, 0.717) is 45.8 Å². The van der Waals surface area contributed by atoms with Crippen LogP contribution in [0.1, 0.15) is 37.8 Å². The molecule has 5 nitrogen and oxygen atoms in total. The van der Waals surface area contributed by atoms with Gasteiger partial charge in [-0.3, -0.25) is 0 Å². The zero-order chi connectivity index (χ0) is 16.3.